The maximum Gasteiger partial charge on any atom is 0.0446 e. The van der Waals surface area contributed by atoms with E-state index in [0.717, 1.165) is 10.6 Å². The van der Waals surface area contributed by atoms with E-state index in [1.807, 2.05) is 23.5 Å². The summed E-state index contributed by atoms with van der Waals surface area (Å²) in [6, 6.07) is 58.5. The van der Waals surface area contributed by atoms with Crippen LogP contribution in [0.5, 0.6) is 0 Å². The highest BCUT2D eigenvalue weighted by Gasteiger charge is 2.25. The monoisotopic (exact) mass is 598 g/mol. The number of hydrogen-bond acceptors (Lipinski definition) is 1. The van der Waals surface area contributed by atoms with Gasteiger partial charge in [-0.25, -0.2) is 0 Å². The summed E-state index contributed by atoms with van der Waals surface area (Å²) in [5.74, 6) is 0. The normalized spacial score (nSPS) is 11.3. The van der Waals surface area contributed by atoms with Gasteiger partial charge in [0, 0.05) is 31.1 Å². The first-order valence-corrected chi connectivity index (χ1v) is 16.0. The van der Waals surface area contributed by atoms with Crippen LogP contribution in [0.4, 0.5) is 0 Å². The predicted octanol–water partition coefficient (Wildman–Crippen LogP) is 13.0. The lowest BCUT2D eigenvalue weighted by molar-refractivity contribution is 1.61. The molecule has 0 unspecified atom stereocenters. The Balaban J connectivity index is 1.52. The van der Waals surface area contributed by atoms with Crippen LogP contribution >= 0.6 is 22.9 Å². The fourth-order valence-electron chi connectivity index (χ4n) is 6.36. The van der Waals surface area contributed by atoms with Crippen LogP contribution in [0.3, 0.4) is 0 Å². The van der Waals surface area contributed by atoms with Gasteiger partial charge >= 0.3 is 0 Å². The van der Waals surface area contributed by atoms with Gasteiger partial charge in [0.2, 0.25) is 0 Å². The van der Waals surface area contributed by atoms with Crippen molar-refractivity contribution in [1.29, 1.82) is 0 Å². The van der Waals surface area contributed by atoms with Gasteiger partial charge in [0.15, 0.2) is 0 Å². The molecule has 0 saturated heterocycles. The van der Waals surface area contributed by atoms with E-state index < -0.39 is 0 Å². The number of thiophene rings is 1. The quantitative estimate of drug-likeness (QED) is 0.185. The molecule has 1 aromatic heterocycles. The lowest BCUT2D eigenvalue weighted by Crippen LogP contribution is -1.90. The largest absolute Gasteiger partial charge is 0.134 e. The molecule has 1 heterocycles. The molecule has 0 amide bonds. The zero-order chi connectivity index (χ0) is 29.5. The van der Waals surface area contributed by atoms with E-state index in [-0.39, 0.29) is 0 Å². The van der Waals surface area contributed by atoms with Crippen LogP contribution in [0.2, 0.25) is 5.02 Å². The summed E-state index contributed by atoms with van der Waals surface area (Å²) >= 11 is 8.28. The number of hydrogen-bond donors (Lipinski definition) is 0. The molecule has 208 valence electrons. The zero-order valence-electron chi connectivity index (χ0n) is 23.9. The molecule has 0 aliphatic carbocycles. The first-order chi connectivity index (χ1) is 21.8. The van der Waals surface area contributed by atoms with Gasteiger partial charge in [-0.15, -0.1) is 11.3 Å². The lowest BCUT2D eigenvalue weighted by atomic mass is 9.86. The third-order valence-electron chi connectivity index (χ3n) is 8.36. The average Bonchev–Trinajstić information content (AvgIpc) is 3.50. The van der Waals surface area contributed by atoms with E-state index in [4.69, 9.17) is 11.6 Å². The molecule has 0 bridgehead atoms. The molecule has 0 fully saturated rings. The summed E-state index contributed by atoms with van der Waals surface area (Å²) in [6.45, 7) is 0. The topological polar surface area (TPSA) is 0 Å². The molecule has 0 aliphatic heterocycles. The van der Waals surface area contributed by atoms with Crippen molar-refractivity contribution in [3.63, 3.8) is 0 Å². The van der Waals surface area contributed by atoms with Gasteiger partial charge < -0.3 is 0 Å². The minimum atomic E-state index is 0.740. The van der Waals surface area contributed by atoms with Gasteiger partial charge in [-0.1, -0.05) is 163 Å². The standard InChI is InChI=1S/C42H27ClS/c43-34-26-24-31(25-27-34)37-35-18-10-11-19-36(35)40-39(32-22-20-29(21-23-32)28-12-4-1-5-13-28)41(33-16-8-3-9-17-33)44-42(40)38(37)30-14-6-2-7-15-30/h1-27H. The Kier molecular flexibility index (Phi) is 6.83. The van der Waals surface area contributed by atoms with Crippen LogP contribution in [0, 0.1) is 0 Å². The Hall–Kier alpha value is -4.95. The maximum absolute atomic E-state index is 6.38. The first-order valence-electron chi connectivity index (χ1n) is 14.8. The minimum absolute atomic E-state index is 0.740. The van der Waals surface area contributed by atoms with Crippen molar-refractivity contribution in [1.82, 2.24) is 0 Å². The Morgan fingerprint density at radius 1 is 0.341 bits per heavy atom. The molecule has 0 aliphatic rings. The highest BCUT2D eigenvalue weighted by Crippen LogP contribution is 2.54. The van der Waals surface area contributed by atoms with E-state index in [0.29, 0.717) is 0 Å². The molecule has 7 aromatic carbocycles. The minimum Gasteiger partial charge on any atom is -0.134 e. The van der Waals surface area contributed by atoms with E-state index >= 15 is 0 Å². The van der Waals surface area contributed by atoms with Crippen molar-refractivity contribution in [2.24, 2.45) is 0 Å². The van der Waals surface area contributed by atoms with Gasteiger partial charge in [-0.3, -0.25) is 0 Å². The molecule has 0 N–H and O–H groups in total. The molecule has 8 aromatic rings. The second kappa shape index (κ2) is 11.3. The molecule has 44 heavy (non-hydrogen) atoms. The third kappa shape index (κ3) is 4.62. The summed E-state index contributed by atoms with van der Waals surface area (Å²) in [5.41, 5.74) is 11.0. The number of benzene rings is 7. The van der Waals surface area contributed by atoms with E-state index in [9.17, 15) is 0 Å². The fourth-order valence-corrected chi connectivity index (χ4v) is 7.90. The second-order valence-corrected chi connectivity index (χ2v) is 12.4. The average molecular weight is 599 g/mol. The van der Waals surface area contributed by atoms with Crippen molar-refractivity contribution in [3.05, 3.63) is 169 Å². The summed E-state index contributed by atoms with van der Waals surface area (Å²) in [4.78, 5) is 1.28. The van der Waals surface area contributed by atoms with Crippen LogP contribution in [0.15, 0.2) is 164 Å². The van der Waals surface area contributed by atoms with Crippen LogP contribution in [0.25, 0.3) is 75.8 Å². The molecular formula is C42H27ClS. The highest BCUT2D eigenvalue weighted by atomic mass is 35.5. The van der Waals surface area contributed by atoms with Crippen molar-refractivity contribution in [3.8, 4) is 54.9 Å². The van der Waals surface area contributed by atoms with Crippen molar-refractivity contribution < 1.29 is 0 Å². The van der Waals surface area contributed by atoms with E-state index in [2.05, 4.69) is 152 Å². The van der Waals surface area contributed by atoms with Gasteiger partial charge in [0.1, 0.15) is 0 Å². The number of fused-ring (bicyclic) bond motifs is 3. The summed E-state index contributed by atoms with van der Waals surface area (Å²) in [5, 5.41) is 4.53. The SMILES string of the molecule is Clc1ccc(-c2c(-c3ccccc3)c3sc(-c4ccccc4)c(-c4ccc(-c5ccccc5)cc4)c3c3ccccc23)cc1. The smallest absolute Gasteiger partial charge is 0.0446 e. The van der Waals surface area contributed by atoms with Crippen LogP contribution in [-0.2, 0) is 0 Å². The van der Waals surface area contributed by atoms with Crippen LogP contribution < -0.4 is 0 Å². The molecule has 0 nitrogen and oxygen atoms in total. The van der Waals surface area contributed by atoms with Gasteiger partial charge in [0.05, 0.1) is 0 Å². The molecular weight excluding hydrogens is 572 g/mol. The predicted molar refractivity (Wildman–Crippen MR) is 192 cm³/mol. The van der Waals surface area contributed by atoms with Gasteiger partial charge in [-0.05, 0) is 61.8 Å². The maximum atomic E-state index is 6.38. The van der Waals surface area contributed by atoms with Crippen molar-refractivity contribution in [2.45, 2.75) is 0 Å². The summed E-state index contributed by atoms with van der Waals surface area (Å²) in [7, 11) is 0. The second-order valence-electron chi connectivity index (χ2n) is 11.0. The van der Waals surface area contributed by atoms with Crippen molar-refractivity contribution in [2.75, 3.05) is 0 Å². The van der Waals surface area contributed by atoms with Crippen LogP contribution in [0.1, 0.15) is 0 Å². The van der Waals surface area contributed by atoms with Crippen molar-refractivity contribution >= 4 is 43.8 Å². The molecule has 0 saturated carbocycles. The Morgan fingerprint density at radius 3 is 1.41 bits per heavy atom. The number of halogens is 1. The Bertz CT molecular complexity index is 2230. The first kappa shape index (κ1) is 26.7. The highest BCUT2D eigenvalue weighted by molar-refractivity contribution is 7.24. The summed E-state index contributed by atoms with van der Waals surface area (Å²) in [6.07, 6.45) is 0. The zero-order valence-corrected chi connectivity index (χ0v) is 25.4. The number of rotatable bonds is 5. The van der Waals surface area contributed by atoms with E-state index in [1.165, 1.54) is 70.2 Å². The molecule has 2 heteroatoms. The molecule has 0 atom stereocenters. The van der Waals surface area contributed by atoms with E-state index in [1.54, 1.807) is 0 Å². The Morgan fingerprint density at radius 2 is 0.773 bits per heavy atom. The third-order valence-corrected chi connectivity index (χ3v) is 9.87. The fraction of sp³-hybridized carbons (Fsp3) is 0. The molecule has 8 rings (SSSR count). The van der Waals surface area contributed by atoms with Gasteiger partial charge in [-0.2, -0.15) is 0 Å². The summed E-state index contributed by atoms with van der Waals surface area (Å²) < 4.78 is 1.29. The molecule has 0 radical (unpaired) electrons. The van der Waals surface area contributed by atoms with Gasteiger partial charge in [0.25, 0.3) is 0 Å². The lowest BCUT2D eigenvalue weighted by Gasteiger charge is -2.17. The molecule has 0 spiro atoms. The van der Waals surface area contributed by atoms with Crippen LogP contribution in [-0.4, -0.2) is 0 Å². The Labute approximate surface area is 266 Å².